The molecular weight excluding hydrogens is 889 g/mol. The first-order chi connectivity index (χ1) is 34.1. The number of aryl methyl sites for hydroxylation is 6. The van der Waals surface area contributed by atoms with Gasteiger partial charge in [-0.15, -0.1) is 0 Å². The van der Waals surface area contributed by atoms with Crippen LogP contribution in [-0.2, 0) is 0 Å². The van der Waals surface area contributed by atoms with Crippen LogP contribution in [0.15, 0.2) is 109 Å². The van der Waals surface area contributed by atoms with Gasteiger partial charge in [-0.2, -0.15) is 0 Å². The number of ether oxygens (including phenoxy) is 6. The van der Waals surface area contributed by atoms with E-state index in [-0.39, 0.29) is 70.0 Å². The lowest BCUT2D eigenvalue weighted by molar-refractivity contribution is 0.321. The quantitative estimate of drug-likeness (QED) is 0.0854. The first kappa shape index (κ1) is 53.1. The van der Waals surface area contributed by atoms with Gasteiger partial charge in [0.2, 0.25) is 34.5 Å². The second-order valence-electron chi connectivity index (χ2n) is 21.8. The maximum atomic E-state index is 7.60. The second-order valence-corrected chi connectivity index (χ2v) is 21.8. The number of benzene rings is 7. The molecule has 378 valence electrons. The summed E-state index contributed by atoms with van der Waals surface area (Å²) in [5.41, 5.74) is 12.3. The lowest BCUT2D eigenvalue weighted by atomic mass is 9.99. The Morgan fingerprint density at radius 1 is 0.208 bits per heavy atom. The Morgan fingerprint density at radius 3 is 0.444 bits per heavy atom. The molecule has 7 aromatic rings. The largest absolute Gasteiger partial charge is 0.449 e. The third-order valence-corrected chi connectivity index (χ3v) is 13.3. The van der Waals surface area contributed by atoms with Crippen molar-refractivity contribution in [2.45, 2.75) is 160 Å². The highest BCUT2D eigenvalue weighted by Gasteiger charge is 2.37. The van der Waals surface area contributed by atoms with Crippen LogP contribution in [0, 0.1) is 41.5 Å². The SMILES string of the molecule is Cc1ccc(C(C)C)c(Oc2c(Oc3cc(C)ccc3C(C)C)c(Oc3cc(C)ccc3C(C)C)c(Oc3cc(C)ccc3C(C)C)c(Oc3cc(C)ccc3C(C)C)c2Oc2cc(C)ccc2C(C)C)c1. The van der Waals surface area contributed by atoms with Crippen LogP contribution in [-0.4, -0.2) is 0 Å². The molecule has 0 aliphatic heterocycles. The summed E-state index contributed by atoms with van der Waals surface area (Å²) in [6.45, 7) is 38.7. The summed E-state index contributed by atoms with van der Waals surface area (Å²) in [7, 11) is 0. The van der Waals surface area contributed by atoms with Crippen molar-refractivity contribution in [1.82, 2.24) is 0 Å². The average molecular weight is 967 g/mol. The maximum absolute atomic E-state index is 7.60. The molecule has 0 atom stereocenters. The van der Waals surface area contributed by atoms with Gasteiger partial charge in [0, 0.05) is 0 Å². The van der Waals surface area contributed by atoms with Gasteiger partial charge in [-0.25, -0.2) is 0 Å². The van der Waals surface area contributed by atoms with Crippen LogP contribution in [0.1, 0.15) is 185 Å². The summed E-state index contributed by atoms with van der Waals surface area (Å²) in [4.78, 5) is 0. The van der Waals surface area contributed by atoms with Crippen molar-refractivity contribution in [2.24, 2.45) is 0 Å². The topological polar surface area (TPSA) is 55.4 Å². The van der Waals surface area contributed by atoms with Gasteiger partial charge >= 0.3 is 0 Å². The van der Waals surface area contributed by atoms with E-state index in [1.165, 1.54) is 0 Å². The highest BCUT2D eigenvalue weighted by Crippen LogP contribution is 2.64. The minimum absolute atomic E-state index is 0.106. The van der Waals surface area contributed by atoms with Gasteiger partial charge in [-0.05, 0) is 180 Å². The van der Waals surface area contributed by atoms with Crippen molar-refractivity contribution in [3.8, 4) is 69.0 Å². The molecule has 0 saturated heterocycles. The monoisotopic (exact) mass is 967 g/mol. The molecule has 0 aliphatic carbocycles. The molecule has 72 heavy (non-hydrogen) atoms. The van der Waals surface area contributed by atoms with Gasteiger partial charge in [-0.3, -0.25) is 0 Å². The Hall–Kier alpha value is -6.66. The minimum Gasteiger partial charge on any atom is -0.449 e. The lowest BCUT2D eigenvalue weighted by Crippen LogP contribution is -2.07. The maximum Gasteiger partial charge on any atom is 0.220 e. The molecular formula is C66H78O6. The van der Waals surface area contributed by atoms with Crippen molar-refractivity contribution in [3.05, 3.63) is 176 Å². The zero-order valence-electron chi connectivity index (χ0n) is 46.3. The molecule has 0 bridgehead atoms. The summed E-state index contributed by atoms with van der Waals surface area (Å²) < 4.78 is 45.6. The van der Waals surface area contributed by atoms with Crippen LogP contribution < -0.4 is 28.4 Å². The molecule has 0 fully saturated rings. The zero-order valence-corrected chi connectivity index (χ0v) is 46.3. The van der Waals surface area contributed by atoms with Crippen molar-refractivity contribution in [3.63, 3.8) is 0 Å². The van der Waals surface area contributed by atoms with Crippen LogP contribution in [0.4, 0.5) is 0 Å². The van der Waals surface area contributed by atoms with Crippen molar-refractivity contribution < 1.29 is 28.4 Å². The summed E-state index contributed by atoms with van der Waals surface area (Å²) in [6.07, 6.45) is 0. The Balaban J connectivity index is 1.79. The minimum atomic E-state index is 0.106. The fourth-order valence-electron chi connectivity index (χ4n) is 9.08. The van der Waals surface area contributed by atoms with E-state index < -0.39 is 0 Å². The third-order valence-electron chi connectivity index (χ3n) is 13.3. The number of rotatable bonds is 18. The van der Waals surface area contributed by atoms with Crippen LogP contribution in [0.3, 0.4) is 0 Å². The van der Waals surface area contributed by atoms with E-state index in [2.05, 4.69) is 234 Å². The van der Waals surface area contributed by atoms with E-state index in [0.717, 1.165) is 66.8 Å². The van der Waals surface area contributed by atoms with Gasteiger partial charge in [0.1, 0.15) is 34.5 Å². The Kier molecular flexibility index (Phi) is 16.5. The molecule has 0 aromatic heterocycles. The van der Waals surface area contributed by atoms with Crippen LogP contribution in [0.5, 0.6) is 69.0 Å². The van der Waals surface area contributed by atoms with E-state index >= 15 is 0 Å². The van der Waals surface area contributed by atoms with Gasteiger partial charge < -0.3 is 28.4 Å². The van der Waals surface area contributed by atoms with Gasteiger partial charge in [-0.1, -0.05) is 156 Å². The number of hydrogen-bond acceptors (Lipinski definition) is 6. The van der Waals surface area contributed by atoms with Gasteiger partial charge in [0.15, 0.2) is 0 Å². The molecule has 7 aromatic carbocycles. The number of hydrogen-bond donors (Lipinski definition) is 0. The molecule has 0 aliphatic rings. The third kappa shape index (κ3) is 12.0. The first-order valence-electron chi connectivity index (χ1n) is 26.0. The fraction of sp³-hybridized carbons (Fsp3) is 0.364. The van der Waals surface area contributed by atoms with Crippen molar-refractivity contribution in [1.29, 1.82) is 0 Å². The second kappa shape index (κ2) is 22.4. The molecule has 6 heteroatoms. The molecule has 0 heterocycles. The highest BCUT2D eigenvalue weighted by molar-refractivity contribution is 5.78. The summed E-state index contributed by atoms with van der Waals surface area (Å²) >= 11 is 0. The van der Waals surface area contributed by atoms with E-state index in [0.29, 0.717) is 34.5 Å². The van der Waals surface area contributed by atoms with Crippen molar-refractivity contribution >= 4 is 0 Å². The molecule has 0 spiro atoms. The fourth-order valence-corrected chi connectivity index (χ4v) is 9.08. The van der Waals surface area contributed by atoms with Gasteiger partial charge in [0.05, 0.1) is 0 Å². The summed E-state index contributed by atoms with van der Waals surface area (Å²) in [5, 5.41) is 0. The normalized spacial score (nSPS) is 11.7. The molecule has 7 rings (SSSR count). The molecule has 0 unspecified atom stereocenters. The van der Waals surface area contributed by atoms with Crippen LogP contribution in [0.2, 0.25) is 0 Å². The first-order valence-corrected chi connectivity index (χ1v) is 26.0. The average Bonchev–Trinajstić information content (AvgIpc) is 3.29. The smallest absolute Gasteiger partial charge is 0.220 e. The molecule has 0 saturated carbocycles. The van der Waals surface area contributed by atoms with Crippen molar-refractivity contribution in [2.75, 3.05) is 0 Å². The Labute approximate surface area is 431 Å². The van der Waals surface area contributed by atoms with E-state index in [4.69, 9.17) is 28.4 Å². The standard InChI is InChI=1S/C66H78O6/c1-37(2)49-25-19-43(13)31-55(49)67-61-62(68-56-32-44(14)20-26-50(56)38(3)4)64(70-58-34-46(16)22-28-52(58)40(7)8)66(72-60-36-48(18)24-30-54(60)42(11)12)65(71-59-35-47(17)23-29-53(59)41(9)10)63(61)69-57-33-45(15)21-27-51(57)39(5)6/h19-42H,1-18H3. The predicted octanol–water partition coefficient (Wildman–Crippen LogP) is 21.0. The summed E-state index contributed by atoms with van der Waals surface area (Å²) in [6, 6.07) is 38.2. The van der Waals surface area contributed by atoms with E-state index in [9.17, 15) is 0 Å². The zero-order chi connectivity index (χ0) is 52.3. The van der Waals surface area contributed by atoms with Crippen LogP contribution in [0.25, 0.3) is 0 Å². The predicted molar refractivity (Wildman–Crippen MR) is 298 cm³/mol. The Morgan fingerprint density at radius 2 is 0.333 bits per heavy atom. The van der Waals surface area contributed by atoms with E-state index in [1.807, 2.05) is 0 Å². The molecule has 0 N–H and O–H groups in total. The molecule has 0 radical (unpaired) electrons. The van der Waals surface area contributed by atoms with Gasteiger partial charge in [0.25, 0.3) is 0 Å². The summed E-state index contributed by atoms with van der Waals surface area (Å²) in [5.74, 6) is 6.23. The lowest BCUT2D eigenvalue weighted by Gasteiger charge is -2.28. The Bertz CT molecular complexity index is 2510. The molecule has 0 amide bonds. The van der Waals surface area contributed by atoms with Crippen LogP contribution >= 0.6 is 0 Å². The van der Waals surface area contributed by atoms with E-state index in [1.54, 1.807) is 0 Å². The molecule has 6 nitrogen and oxygen atoms in total. The highest BCUT2D eigenvalue weighted by atomic mass is 16.6.